The molecular weight excluding hydrogens is 428 g/mol. The number of allylic oxidation sites excluding steroid dienone is 1. The molecule has 0 fully saturated rings. The van der Waals surface area contributed by atoms with Crippen LogP contribution in [0.2, 0.25) is 0 Å². The van der Waals surface area contributed by atoms with E-state index in [2.05, 4.69) is 0 Å². The second-order valence-corrected chi connectivity index (χ2v) is 7.46. The van der Waals surface area contributed by atoms with Crippen LogP contribution in [0.4, 0.5) is 0 Å². The predicted octanol–water partition coefficient (Wildman–Crippen LogP) is 4.36. The van der Waals surface area contributed by atoms with E-state index in [1.54, 1.807) is 30.3 Å². The molecule has 0 N–H and O–H groups in total. The normalized spacial score (nSPS) is 17.8. The summed E-state index contributed by atoms with van der Waals surface area (Å²) in [6.45, 7) is 0. The first kappa shape index (κ1) is 20.7. The molecule has 8 nitrogen and oxygen atoms in total. The maximum atomic E-state index is 13.0. The van der Waals surface area contributed by atoms with Crippen LogP contribution in [0.25, 0.3) is 6.08 Å². The maximum absolute atomic E-state index is 13.0. The van der Waals surface area contributed by atoms with Crippen molar-refractivity contribution < 1.29 is 37.7 Å². The summed E-state index contributed by atoms with van der Waals surface area (Å²) in [7, 11) is 4.56. The number of methoxy groups -OCH3 is 3. The highest BCUT2D eigenvalue weighted by atomic mass is 16.5. The van der Waals surface area contributed by atoms with E-state index in [1.165, 1.54) is 33.7 Å². The average Bonchev–Trinajstić information content (AvgIpc) is 3.45. The molecule has 2 aliphatic heterocycles. The molecule has 3 aromatic rings. The lowest BCUT2D eigenvalue weighted by atomic mass is 9.84. The minimum atomic E-state index is -0.498. The van der Waals surface area contributed by atoms with Gasteiger partial charge in [0.15, 0.2) is 17.3 Å². The minimum Gasteiger partial charge on any atom is -0.493 e. The van der Waals surface area contributed by atoms with Gasteiger partial charge < -0.3 is 28.1 Å². The largest absolute Gasteiger partial charge is 0.493 e. The lowest BCUT2D eigenvalue weighted by molar-refractivity contribution is -0.135. The van der Waals surface area contributed by atoms with Crippen LogP contribution in [0.3, 0.4) is 0 Å². The van der Waals surface area contributed by atoms with E-state index < -0.39 is 11.9 Å². The van der Waals surface area contributed by atoms with E-state index in [-0.39, 0.29) is 18.0 Å². The van der Waals surface area contributed by atoms with Crippen LogP contribution < -0.4 is 23.7 Å². The Morgan fingerprint density at radius 3 is 2.45 bits per heavy atom. The number of carbonyl (C=O) groups excluding carboxylic acids is 2. The summed E-state index contributed by atoms with van der Waals surface area (Å²) in [6.07, 6.45) is 3.08. The minimum absolute atomic E-state index is 0.0318. The van der Waals surface area contributed by atoms with Gasteiger partial charge in [0.2, 0.25) is 11.5 Å². The molecule has 0 saturated carbocycles. The van der Waals surface area contributed by atoms with Gasteiger partial charge in [-0.25, -0.2) is 0 Å². The number of esters is 1. The van der Waals surface area contributed by atoms with Crippen LogP contribution in [0, 0.1) is 0 Å². The molecular formula is C25H20O8. The molecule has 0 radical (unpaired) electrons. The third kappa shape index (κ3) is 3.31. The van der Waals surface area contributed by atoms with Crippen molar-refractivity contribution >= 4 is 17.8 Å². The smallest absolute Gasteiger partial charge is 0.312 e. The highest BCUT2D eigenvalue weighted by molar-refractivity contribution is 6.15. The first-order chi connectivity index (χ1) is 16.0. The first-order valence-electron chi connectivity index (χ1n) is 10.2. The Hall–Kier alpha value is -4.20. The van der Waals surface area contributed by atoms with Crippen LogP contribution >= 0.6 is 0 Å². The monoisotopic (exact) mass is 448 g/mol. The van der Waals surface area contributed by atoms with Crippen molar-refractivity contribution in [3.8, 4) is 28.7 Å². The number of ketones is 1. The summed E-state index contributed by atoms with van der Waals surface area (Å²) in [4.78, 5) is 25.5. The van der Waals surface area contributed by atoms with Crippen molar-refractivity contribution in [2.24, 2.45) is 0 Å². The van der Waals surface area contributed by atoms with Gasteiger partial charge in [-0.15, -0.1) is 0 Å². The molecule has 0 bridgehead atoms. The highest BCUT2D eigenvalue weighted by Crippen LogP contribution is 2.52. The average molecular weight is 448 g/mol. The SMILES string of the molecule is COc1ccc(C2CC(=O)Oc3ccc4c(c32)OC(=Cc2ccco2)C4=O)c(OC)c1OC. The zero-order chi connectivity index (χ0) is 23.1. The first-order valence-corrected chi connectivity index (χ1v) is 10.2. The number of ether oxygens (including phenoxy) is 5. The predicted molar refractivity (Wildman–Crippen MR) is 116 cm³/mol. The van der Waals surface area contributed by atoms with Crippen LogP contribution in [-0.2, 0) is 4.79 Å². The highest BCUT2D eigenvalue weighted by Gasteiger charge is 2.40. The molecule has 0 saturated heterocycles. The molecule has 0 spiro atoms. The van der Waals surface area contributed by atoms with Crippen molar-refractivity contribution in [3.63, 3.8) is 0 Å². The Morgan fingerprint density at radius 1 is 0.939 bits per heavy atom. The molecule has 0 amide bonds. The number of carbonyl (C=O) groups is 2. The van der Waals surface area contributed by atoms with Crippen LogP contribution in [0.5, 0.6) is 28.7 Å². The van der Waals surface area contributed by atoms with Crippen molar-refractivity contribution in [2.45, 2.75) is 12.3 Å². The molecule has 1 unspecified atom stereocenters. The molecule has 8 heteroatoms. The topological polar surface area (TPSA) is 93.4 Å². The fourth-order valence-electron chi connectivity index (χ4n) is 4.27. The number of rotatable bonds is 5. The van der Waals surface area contributed by atoms with E-state index in [0.717, 1.165) is 0 Å². The van der Waals surface area contributed by atoms with E-state index in [0.29, 0.717) is 51.2 Å². The number of hydrogen-bond acceptors (Lipinski definition) is 8. The second-order valence-electron chi connectivity index (χ2n) is 7.46. The number of Topliss-reactive ketones (excluding diaryl/α,β-unsaturated/α-hetero) is 1. The number of benzene rings is 2. The van der Waals surface area contributed by atoms with Gasteiger partial charge in [0.1, 0.15) is 17.3 Å². The van der Waals surface area contributed by atoms with E-state index >= 15 is 0 Å². The molecule has 2 aliphatic rings. The Balaban J connectivity index is 1.68. The molecule has 168 valence electrons. The lowest BCUT2D eigenvalue weighted by Crippen LogP contribution is -2.22. The van der Waals surface area contributed by atoms with Gasteiger partial charge in [0.25, 0.3) is 0 Å². The molecule has 5 rings (SSSR count). The summed E-state index contributed by atoms with van der Waals surface area (Å²) in [6, 6.07) is 10.2. The van der Waals surface area contributed by atoms with Gasteiger partial charge >= 0.3 is 5.97 Å². The molecule has 33 heavy (non-hydrogen) atoms. The summed E-state index contributed by atoms with van der Waals surface area (Å²) in [5.41, 5.74) is 1.66. The second kappa shape index (κ2) is 8.05. The zero-order valence-corrected chi connectivity index (χ0v) is 18.2. The Morgan fingerprint density at radius 2 is 1.76 bits per heavy atom. The number of hydrogen-bond donors (Lipinski definition) is 0. The molecule has 2 aromatic carbocycles. The standard InChI is InChI=1S/C25H20O8/c1-28-18-9-6-14(24(29-2)25(18)30-3)16-12-20(26)32-17-8-7-15-22(27)19(33-23(15)21(16)17)11-13-5-4-10-31-13/h4-11,16H,12H2,1-3H3. The van der Waals surface area contributed by atoms with E-state index in [9.17, 15) is 9.59 Å². The van der Waals surface area contributed by atoms with Crippen molar-refractivity contribution in [1.29, 1.82) is 0 Å². The van der Waals surface area contributed by atoms with Crippen LogP contribution in [0.1, 0.15) is 39.6 Å². The van der Waals surface area contributed by atoms with Crippen molar-refractivity contribution in [2.75, 3.05) is 21.3 Å². The molecule has 1 atom stereocenters. The van der Waals surface area contributed by atoms with Crippen LogP contribution in [0.15, 0.2) is 52.8 Å². The summed E-state index contributed by atoms with van der Waals surface area (Å²) >= 11 is 0. The van der Waals surface area contributed by atoms with Crippen LogP contribution in [-0.4, -0.2) is 33.1 Å². The van der Waals surface area contributed by atoms with Gasteiger partial charge in [0, 0.05) is 23.1 Å². The molecule has 1 aromatic heterocycles. The molecule has 0 aliphatic carbocycles. The lowest BCUT2D eigenvalue weighted by Gasteiger charge is -2.28. The fraction of sp³-hybridized carbons (Fsp3) is 0.200. The Bertz CT molecular complexity index is 1290. The van der Waals surface area contributed by atoms with Gasteiger partial charge in [-0.2, -0.15) is 0 Å². The molecule has 3 heterocycles. The van der Waals surface area contributed by atoms with Crippen molar-refractivity contribution in [3.05, 3.63) is 70.9 Å². The Labute approximate surface area is 189 Å². The van der Waals surface area contributed by atoms with Crippen molar-refractivity contribution in [1.82, 2.24) is 0 Å². The van der Waals surface area contributed by atoms with Gasteiger partial charge in [-0.1, -0.05) is 6.07 Å². The third-order valence-corrected chi connectivity index (χ3v) is 5.71. The fourth-order valence-corrected chi connectivity index (χ4v) is 4.27. The van der Waals surface area contributed by atoms with E-state index in [4.69, 9.17) is 28.1 Å². The van der Waals surface area contributed by atoms with Gasteiger partial charge in [-0.05, 0) is 30.3 Å². The zero-order valence-electron chi connectivity index (χ0n) is 18.2. The Kier molecular flexibility index (Phi) is 5.05. The quantitative estimate of drug-likeness (QED) is 0.323. The number of fused-ring (bicyclic) bond motifs is 3. The summed E-state index contributed by atoms with van der Waals surface area (Å²) in [5, 5.41) is 0. The maximum Gasteiger partial charge on any atom is 0.312 e. The van der Waals surface area contributed by atoms with Gasteiger partial charge in [0.05, 0.1) is 39.6 Å². The summed E-state index contributed by atoms with van der Waals surface area (Å²) in [5.74, 6) is 1.44. The summed E-state index contributed by atoms with van der Waals surface area (Å²) < 4.78 is 33.4. The third-order valence-electron chi connectivity index (χ3n) is 5.71. The van der Waals surface area contributed by atoms with Gasteiger partial charge in [-0.3, -0.25) is 9.59 Å². The van der Waals surface area contributed by atoms with E-state index in [1.807, 2.05) is 6.07 Å². The number of furan rings is 1.